The Morgan fingerprint density at radius 3 is 3.00 bits per heavy atom. The van der Waals surface area contributed by atoms with Gasteiger partial charge in [-0.2, -0.15) is 0 Å². The fourth-order valence-corrected chi connectivity index (χ4v) is 2.15. The smallest absolute Gasteiger partial charge is 0.247 e. The summed E-state index contributed by atoms with van der Waals surface area (Å²) in [6, 6.07) is 5.38. The number of carbonyl (C=O) groups is 1. The highest BCUT2D eigenvalue weighted by atomic mass is 79.9. The number of hydrogen-bond acceptors (Lipinski definition) is 4. The van der Waals surface area contributed by atoms with E-state index in [4.69, 9.17) is 15.2 Å². The van der Waals surface area contributed by atoms with E-state index in [1.54, 1.807) is 19.2 Å². The third kappa shape index (κ3) is 2.66. The van der Waals surface area contributed by atoms with Crippen LogP contribution in [0.4, 0.5) is 5.69 Å². The van der Waals surface area contributed by atoms with E-state index in [1.807, 2.05) is 6.07 Å². The predicted molar refractivity (Wildman–Crippen MR) is 71.7 cm³/mol. The molecule has 1 saturated heterocycles. The molecule has 1 aromatic rings. The van der Waals surface area contributed by atoms with Gasteiger partial charge in [0.25, 0.3) is 0 Å². The van der Waals surface area contributed by atoms with Crippen LogP contribution in [0.25, 0.3) is 0 Å². The van der Waals surface area contributed by atoms with Gasteiger partial charge < -0.3 is 20.5 Å². The second kappa shape index (κ2) is 5.26. The lowest BCUT2D eigenvalue weighted by Gasteiger charge is -2.21. The maximum atomic E-state index is 12.1. The van der Waals surface area contributed by atoms with Gasteiger partial charge in [0, 0.05) is 11.1 Å². The van der Waals surface area contributed by atoms with Crippen LogP contribution in [-0.2, 0) is 9.53 Å². The monoisotopic (exact) mass is 314 g/mol. The summed E-state index contributed by atoms with van der Waals surface area (Å²) in [7, 11) is 1.55. The molecule has 0 radical (unpaired) electrons. The first kappa shape index (κ1) is 13.3. The minimum absolute atomic E-state index is 0.245. The van der Waals surface area contributed by atoms with Crippen LogP contribution in [0.3, 0.4) is 0 Å². The summed E-state index contributed by atoms with van der Waals surface area (Å²) in [6.45, 7) is 0.759. The van der Waals surface area contributed by atoms with E-state index < -0.39 is 5.54 Å². The Hall–Kier alpha value is -1.11. The third-order valence-electron chi connectivity index (χ3n) is 2.91. The maximum absolute atomic E-state index is 12.1. The number of nitrogens with one attached hydrogen (secondary N) is 1. The lowest BCUT2D eigenvalue weighted by Crippen LogP contribution is -2.51. The standard InChI is InChI=1S/C12H15BrN2O3/c1-17-10-3-2-8(13)6-9(10)15-11(16)12(14)4-5-18-7-12/h2-3,6H,4-5,7,14H2,1H3,(H,15,16). The lowest BCUT2D eigenvalue weighted by molar-refractivity contribution is -0.121. The number of hydrogen-bond donors (Lipinski definition) is 2. The average molecular weight is 315 g/mol. The van der Waals surface area contributed by atoms with Gasteiger partial charge in [-0.1, -0.05) is 15.9 Å². The van der Waals surface area contributed by atoms with Gasteiger partial charge in [-0.25, -0.2) is 0 Å². The highest BCUT2D eigenvalue weighted by Gasteiger charge is 2.38. The van der Waals surface area contributed by atoms with Crippen LogP contribution in [0.15, 0.2) is 22.7 Å². The molecule has 1 atom stereocenters. The van der Waals surface area contributed by atoms with Gasteiger partial charge >= 0.3 is 0 Å². The zero-order valence-electron chi connectivity index (χ0n) is 10.0. The molecule has 1 heterocycles. The second-order valence-electron chi connectivity index (χ2n) is 4.26. The first-order chi connectivity index (χ1) is 8.55. The molecule has 0 bridgehead atoms. The molecule has 1 amide bonds. The van der Waals surface area contributed by atoms with E-state index in [-0.39, 0.29) is 12.5 Å². The molecule has 98 valence electrons. The van der Waals surface area contributed by atoms with Gasteiger partial charge in [0.1, 0.15) is 11.3 Å². The number of carbonyl (C=O) groups excluding carboxylic acids is 1. The number of anilines is 1. The maximum Gasteiger partial charge on any atom is 0.247 e. The van der Waals surface area contributed by atoms with E-state index in [1.165, 1.54) is 0 Å². The molecule has 1 aliphatic heterocycles. The largest absolute Gasteiger partial charge is 0.495 e. The van der Waals surface area contributed by atoms with Gasteiger partial charge in [-0.3, -0.25) is 4.79 Å². The van der Waals surface area contributed by atoms with E-state index in [0.717, 1.165) is 4.47 Å². The highest BCUT2D eigenvalue weighted by Crippen LogP contribution is 2.29. The molecule has 1 aromatic carbocycles. The Bertz CT molecular complexity index is 459. The average Bonchev–Trinajstić information content (AvgIpc) is 2.78. The summed E-state index contributed by atoms with van der Waals surface area (Å²) in [6.07, 6.45) is 0.523. The van der Waals surface area contributed by atoms with Crippen molar-refractivity contribution >= 4 is 27.5 Å². The molecular weight excluding hydrogens is 300 g/mol. The third-order valence-corrected chi connectivity index (χ3v) is 3.41. The van der Waals surface area contributed by atoms with Gasteiger partial charge in [0.05, 0.1) is 19.4 Å². The number of ether oxygens (including phenoxy) is 2. The first-order valence-electron chi connectivity index (χ1n) is 5.57. The van der Waals surface area contributed by atoms with Gasteiger partial charge in [-0.15, -0.1) is 0 Å². The van der Waals surface area contributed by atoms with Crippen molar-refractivity contribution in [2.75, 3.05) is 25.6 Å². The van der Waals surface area contributed by atoms with E-state index in [2.05, 4.69) is 21.2 Å². The quantitative estimate of drug-likeness (QED) is 0.887. The summed E-state index contributed by atoms with van der Waals surface area (Å²) >= 11 is 3.35. The molecule has 0 aromatic heterocycles. The number of amides is 1. The predicted octanol–water partition coefficient (Wildman–Crippen LogP) is 1.51. The fraction of sp³-hybridized carbons (Fsp3) is 0.417. The van der Waals surface area contributed by atoms with Crippen molar-refractivity contribution in [3.05, 3.63) is 22.7 Å². The molecule has 18 heavy (non-hydrogen) atoms. The molecular formula is C12H15BrN2O3. The molecule has 2 rings (SSSR count). The summed E-state index contributed by atoms with van der Waals surface area (Å²) < 4.78 is 11.2. The van der Waals surface area contributed by atoms with Crippen molar-refractivity contribution in [2.45, 2.75) is 12.0 Å². The van der Waals surface area contributed by atoms with Crippen molar-refractivity contribution in [2.24, 2.45) is 5.73 Å². The van der Waals surface area contributed by atoms with Crippen LogP contribution >= 0.6 is 15.9 Å². The Kier molecular flexibility index (Phi) is 3.89. The Morgan fingerprint density at radius 1 is 1.61 bits per heavy atom. The van der Waals surface area contributed by atoms with Crippen molar-refractivity contribution in [1.82, 2.24) is 0 Å². The fourth-order valence-electron chi connectivity index (χ4n) is 1.78. The van der Waals surface area contributed by atoms with Crippen LogP contribution in [0, 0.1) is 0 Å². The van der Waals surface area contributed by atoms with Gasteiger partial charge in [0.2, 0.25) is 5.91 Å². The van der Waals surface area contributed by atoms with Crippen molar-refractivity contribution in [3.8, 4) is 5.75 Å². The minimum Gasteiger partial charge on any atom is -0.495 e. The summed E-state index contributed by atoms with van der Waals surface area (Å²) in [5, 5.41) is 2.79. The zero-order valence-corrected chi connectivity index (χ0v) is 11.6. The zero-order chi connectivity index (χ0) is 13.2. The molecule has 0 spiro atoms. The minimum atomic E-state index is -0.951. The van der Waals surface area contributed by atoms with Crippen molar-refractivity contribution in [1.29, 1.82) is 0 Å². The Labute approximate surface area is 114 Å². The Balaban J connectivity index is 2.18. The molecule has 1 fully saturated rings. The molecule has 3 N–H and O–H groups in total. The van der Waals surface area contributed by atoms with E-state index >= 15 is 0 Å². The number of rotatable bonds is 3. The van der Waals surface area contributed by atoms with Crippen LogP contribution in [0.1, 0.15) is 6.42 Å². The van der Waals surface area contributed by atoms with E-state index in [0.29, 0.717) is 24.5 Å². The molecule has 1 unspecified atom stereocenters. The van der Waals surface area contributed by atoms with Gasteiger partial charge in [-0.05, 0) is 24.6 Å². The first-order valence-corrected chi connectivity index (χ1v) is 6.36. The number of methoxy groups -OCH3 is 1. The molecule has 5 nitrogen and oxygen atoms in total. The van der Waals surface area contributed by atoms with Crippen molar-refractivity contribution < 1.29 is 14.3 Å². The SMILES string of the molecule is COc1ccc(Br)cc1NC(=O)C1(N)CCOC1. The number of halogens is 1. The van der Waals surface area contributed by atoms with Crippen LogP contribution in [0.2, 0.25) is 0 Å². The summed E-state index contributed by atoms with van der Waals surface area (Å²) in [4.78, 5) is 12.1. The topological polar surface area (TPSA) is 73.6 Å². The summed E-state index contributed by atoms with van der Waals surface area (Å²) in [5.41, 5.74) is 5.63. The number of benzene rings is 1. The van der Waals surface area contributed by atoms with Gasteiger partial charge in [0.15, 0.2) is 0 Å². The summed E-state index contributed by atoms with van der Waals surface area (Å²) in [5.74, 6) is 0.338. The molecule has 0 saturated carbocycles. The lowest BCUT2D eigenvalue weighted by atomic mass is 9.99. The van der Waals surface area contributed by atoms with E-state index in [9.17, 15) is 4.79 Å². The second-order valence-corrected chi connectivity index (χ2v) is 5.17. The van der Waals surface area contributed by atoms with Crippen LogP contribution in [-0.4, -0.2) is 31.8 Å². The molecule has 1 aliphatic rings. The van der Waals surface area contributed by atoms with Crippen LogP contribution < -0.4 is 15.8 Å². The normalized spacial score (nSPS) is 22.8. The molecule has 6 heteroatoms. The van der Waals surface area contributed by atoms with Crippen LogP contribution in [0.5, 0.6) is 5.75 Å². The number of nitrogens with two attached hydrogens (primary N) is 1. The Morgan fingerprint density at radius 2 is 2.39 bits per heavy atom. The molecule has 0 aliphatic carbocycles. The highest BCUT2D eigenvalue weighted by molar-refractivity contribution is 9.10. The van der Waals surface area contributed by atoms with Crippen molar-refractivity contribution in [3.63, 3.8) is 0 Å².